The van der Waals surface area contributed by atoms with Crippen LogP contribution in [-0.4, -0.2) is 29.4 Å². The van der Waals surface area contributed by atoms with Gasteiger partial charge in [0.15, 0.2) is 0 Å². The van der Waals surface area contributed by atoms with Crippen LogP contribution in [0.5, 0.6) is 5.88 Å². The Kier molecular flexibility index (Phi) is 10.3. The number of nitrogens with zero attached hydrogens (tertiary/aromatic N) is 1. The van der Waals surface area contributed by atoms with Gasteiger partial charge in [-0.25, -0.2) is 4.98 Å². The maximum atomic E-state index is 10.7. The Labute approximate surface area is 187 Å². The summed E-state index contributed by atoms with van der Waals surface area (Å²) in [6.07, 6.45) is 2.52. The minimum Gasteiger partial charge on any atom is -0.474 e. The van der Waals surface area contributed by atoms with Gasteiger partial charge in [0, 0.05) is 30.7 Å². The smallest absolute Gasteiger partial charge is 0.213 e. The van der Waals surface area contributed by atoms with Crippen LogP contribution >= 0.6 is 48.0 Å². The van der Waals surface area contributed by atoms with Crippen LogP contribution in [0.2, 0.25) is 10.0 Å². The molecule has 156 valence electrons. The van der Waals surface area contributed by atoms with Crippen molar-refractivity contribution >= 4 is 48.0 Å². The number of ether oxygens (including phenoxy) is 2. The first-order valence-corrected chi connectivity index (χ1v) is 9.31. The zero-order valence-corrected chi connectivity index (χ0v) is 18.5. The molecule has 2 atom stereocenters. The summed E-state index contributed by atoms with van der Waals surface area (Å²) in [6.45, 7) is 3.32. The number of hydrogen-bond acceptors (Lipinski definition) is 5. The molecule has 5 nitrogen and oxygen atoms in total. The molecule has 1 aliphatic heterocycles. The van der Waals surface area contributed by atoms with Gasteiger partial charge in [0.05, 0.1) is 35.4 Å². The van der Waals surface area contributed by atoms with E-state index in [-0.39, 0.29) is 30.9 Å². The number of aliphatic hydroxyl groups is 1. The number of nitrogens with two attached hydrogens (primary N) is 1. The third-order valence-corrected chi connectivity index (χ3v) is 5.31. The molecule has 0 radical (unpaired) electrons. The number of halogens is 4. The van der Waals surface area contributed by atoms with Crippen LogP contribution in [-0.2, 0) is 4.74 Å². The Hall–Kier alpha value is -0.790. The highest BCUT2D eigenvalue weighted by atomic mass is 35.5. The predicted octanol–water partition coefficient (Wildman–Crippen LogP) is 4.83. The van der Waals surface area contributed by atoms with Crippen LogP contribution in [0.15, 0.2) is 30.5 Å². The molecular weight excluding hydrogens is 446 g/mol. The second-order valence-electron chi connectivity index (χ2n) is 6.45. The number of rotatable bonds is 5. The normalized spacial score (nSPS) is 16.5. The number of hydrogen-bond donors (Lipinski definition) is 2. The SMILES string of the molecule is Cc1cc(OC2CCOCC2)ncc1[C@@H](O)[C@@H](N)c1ccc(Cl)c(Cl)c1.Cl.Cl. The Balaban J connectivity index is 0.00000196. The molecule has 3 N–H and O–H groups in total. The molecule has 1 aliphatic rings. The molecule has 1 aromatic carbocycles. The van der Waals surface area contributed by atoms with Gasteiger partial charge in [0.2, 0.25) is 5.88 Å². The molecule has 0 amide bonds. The second-order valence-corrected chi connectivity index (χ2v) is 7.27. The van der Waals surface area contributed by atoms with Crippen molar-refractivity contribution < 1.29 is 14.6 Å². The predicted molar refractivity (Wildman–Crippen MR) is 116 cm³/mol. The average molecular weight is 470 g/mol. The van der Waals surface area contributed by atoms with E-state index in [1.807, 2.05) is 13.0 Å². The van der Waals surface area contributed by atoms with Crippen molar-refractivity contribution in [3.05, 3.63) is 57.2 Å². The summed E-state index contributed by atoms with van der Waals surface area (Å²) >= 11 is 12.0. The van der Waals surface area contributed by atoms with Gasteiger partial charge in [-0.2, -0.15) is 0 Å². The number of aryl methyl sites for hydroxylation is 1. The first-order chi connectivity index (χ1) is 12.5. The van der Waals surface area contributed by atoms with Crippen LogP contribution in [0.3, 0.4) is 0 Å². The van der Waals surface area contributed by atoms with Gasteiger partial charge in [-0.15, -0.1) is 24.8 Å². The Morgan fingerprint density at radius 3 is 2.46 bits per heavy atom. The summed E-state index contributed by atoms with van der Waals surface area (Å²) in [5, 5.41) is 11.6. The fourth-order valence-electron chi connectivity index (χ4n) is 2.97. The average Bonchev–Trinajstić information content (AvgIpc) is 2.64. The summed E-state index contributed by atoms with van der Waals surface area (Å²) in [5.74, 6) is 0.549. The molecule has 0 bridgehead atoms. The summed E-state index contributed by atoms with van der Waals surface area (Å²) in [7, 11) is 0. The lowest BCUT2D eigenvalue weighted by atomic mass is 9.95. The van der Waals surface area contributed by atoms with Gasteiger partial charge >= 0.3 is 0 Å². The van der Waals surface area contributed by atoms with E-state index < -0.39 is 12.1 Å². The van der Waals surface area contributed by atoms with Crippen LogP contribution in [0.25, 0.3) is 0 Å². The molecule has 0 saturated carbocycles. The Morgan fingerprint density at radius 1 is 1.18 bits per heavy atom. The van der Waals surface area contributed by atoms with E-state index in [1.165, 1.54) is 0 Å². The Morgan fingerprint density at radius 2 is 1.86 bits per heavy atom. The van der Waals surface area contributed by atoms with Gasteiger partial charge in [0.25, 0.3) is 0 Å². The van der Waals surface area contributed by atoms with Crippen molar-refractivity contribution in [3.63, 3.8) is 0 Å². The topological polar surface area (TPSA) is 77.6 Å². The summed E-state index contributed by atoms with van der Waals surface area (Å²) < 4.78 is 11.2. The molecule has 9 heteroatoms. The highest BCUT2D eigenvalue weighted by Crippen LogP contribution is 2.32. The van der Waals surface area contributed by atoms with Crippen molar-refractivity contribution in [3.8, 4) is 5.88 Å². The molecule has 1 aromatic heterocycles. The third kappa shape index (κ3) is 6.10. The van der Waals surface area contributed by atoms with Crippen molar-refractivity contribution in [2.24, 2.45) is 5.73 Å². The van der Waals surface area contributed by atoms with Crippen molar-refractivity contribution in [2.45, 2.75) is 38.0 Å². The molecule has 1 saturated heterocycles. The highest BCUT2D eigenvalue weighted by Gasteiger charge is 2.23. The molecule has 0 aliphatic carbocycles. The maximum Gasteiger partial charge on any atom is 0.213 e. The number of benzene rings is 1. The van der Waals surface area contributed by atoms with Crippen molar-refractivity contribution in [2.75, 3.05) is 13.2 Å². The third-order valence-electron chi connectivity index (χ3n) is 4.57. The molecule has 28 heavy (non-hydrogen) atoms. The van der Waals surface area contributed by atoms with Crippen LogP contribution in [0.1, 0.15) is 41.7 Å². The van der Waals surface area contributed by atoms with Gasteiger partial charge in [-0.05, 0) is 30.2 Å². The quantitative estimate of drug-likeness (QED) is 0.655. The minimum absolute atomic E-state index is 0. The fourth-order valence-corrected chi connectivity index (χ4v) is 3.28. The summed E-state index contributed by atoms with van der Waals surface area (Å²) in [5.41, 5.74) is 8.45. The van der Waals surface area contributed by atoms with Gasteiger partial charge in [-0.3, -0.25) is 0 Å². The van der Waals surface area contributed by atoms with E-state index in [0.717, 1.165) is 18.4 Å². The molecule has 0 unspecified atom stereocenters. The standard InChI is InChI=1S/C19H22Cl2N2O3.2ClH/c1-11-8-17(26-13-4-6-25-7-5-13)23-10-14(11)19(24)18(22)12-2-3-15(20)16(21)9-12;;/h2-3,8-10,13,18-19,24H,4-7,22H2,1H3;2*1H/t18-,19+;;/m0../s1. The number of aliphatic hydroxyl groups excluding tert-OH is 1. The first kappa shape index (κ1) is 25.2. The molecule has 1 fully saturated rings. The largest absolute Gasteiger partial charge is 0.474 e. The second kappa shape index (κ2) is 11.4. The van der Waals surface area contributed by atoms with E-state index in [4.69, 9.17) is 38.4 Å². The molecular formula is C19H24Cl4N2O3. The fraction of sp³-hybridized carbons (Fsp3) is 0.421. The van der Waals surface area contributed by atoms with E-state index in [0.29, 0.717) is 40.3 Å². The minimum atomic E-state index is -0.920. The van der Waals surface area contributed by atoms with E-state index in [2.05, 4.69) is 4.98 Å². The number of pyridine rings is 1. The van der Waals surface area contributed by atoms with Crippen molar-refractivity contribution in [1.82, 2.24) is 4.98 Å². The maximum absolute atomic E-state index is 10.7. The van der Waals surface area contributed by atoms with E-state index in [9.17, 15) is 5.11 Å². The molecule has 3 rings (SSSR count). The molecule has 2 heterocycles. The number of aromatic nitrogens is 1. The molecule has 2 aromatic rings. The van der Waals surface area contributed by atoms with Gasteiger partial charge < -0.3 is 20.3 Å². The Bertz CT molecular complexity index is 773. The van der Waals surface area contributed by atoms with E-state index in [1.54, 1.807) is 24.4 Å². The lowest BCUT2D eigenvalue weighted by Crippen LogP contribution is -2.26. The first-order valence-electron chi connectivity index (χ1n) is 8.55. The van der Waals surface area contributed by atoms with Gasteiger partial charge in [-0.1, -0.05) is 29.3 Å². The summed E-state index contributed by atoms with van der Waals surface area (Å²) in [6, 6.07) is 6.28. The van der Waals surface area contributed by atoms with Gasteiger partial charge in [0.1, 0.15) is 6.10 Å². The summed E-state index contributed by atoms with van der Waals surface area (Å²) in [4.78, 5) is 4.34. The lowest BCUT2D eigenvalue weighted by Gasteiger charge is -2.24. The van der Waals surface area contributed by atoms with Crippen LogP contribution in [0, 0.1) is 6.92 Å². The van der Waals surface area contributed by atoms with Crippen molar-refractivity contribution in [1.29, 1.82) is 0 Å². The molecule has 0 spiro atoms. The van der Waals surface area contributed by atoms with Crippen LogP contribution in [0.4, 0.5) is 0 Å². The monoisotopic (exact) mass is 468 g/mol. The zero-order valence-electron chi connectivity index (χ0n) is 15.3. The lowest BCUT2D eigenvalue weighted by molar-refractivity contribution is 0.0236. The van der Waals surface area contributed by atoms with E-state index >= 15 is 0 Å². The highest BCUT2D eigenvalue weighted by molar-refractivity contribution is 6.42. The van der Waals surface area contributed by atoms with Crippen LogP contribution < -0.4 is 10.5 Å². The zero-order chi connectivity index (χ0) is 18.7.